The Bertz CT molecular complexity index is 1160. The highest BCUT2D eigenvalue weighted by Crippen LogP contribution is 2.37. The third kappa shape index (κ3) is 3.86. The van der Waals surface area contributed by atoms with E-state index in [9.17, 15) is 4.79 Å². The van der Waals surface area contributed by atoms with Gasteiger partial charge in [0, 0.05) is 30.4 Å². The predicted molar refractivity (Wildman–Crippen MR) is 119 cm³/mol. The van der Waals surface area contributed by atoms with Gasteiger partial charge < -0.3 is 9.64 Å². The molecule has 3 heterocycles. The first-order valence-electron chi connectivity index (χ1n) is 10.6. The average molecular weight is 415 g/mol. The molecule has 2 aliphatic heterocycles. The zero-order chi connectivity index (χ0) is 21.4. The highest BCUT2D eigenvalue weighted by Gasteiger charge is 2.25. The van der Waals surface area contributed by atoms with Gasteiger partial charge >= 0.3 is 0 Å². The molecule has 6 heteroatoms. The number of para-hydroxylation sites is 1. The Kier molecular flexibility index (Phi) is 5.08. The number of nitrogens with zero attached hydrogens (tertiary/aromatic N) is 4. The summed E-state index contributed by atoms with van der Waals surface area (Å²) in [5.74, 6) is 0.860. The van der Waals surface area contributed by atoms with E-state index in [1.807, 2.05) is 36.5 Å². The van der Waals surface area contributed by atoms with E-state index in [1.54, 1.807) is 15.8 Å². The fraction of sp³-hybridized carbons (Fsp3) is 0.280. The van der Waals surface area contributed by atoms with Crippen LogP contribution in [0, 0.1) is 13.8 Å². The minimum atomic E-state index is 0.0248. The first-order chi connectivity index (χ1) is 15.1. The number of rotatable bonds is 4. The maximum absolute atomic E-state index is 13.1. The van der Waals surface area contributed by atoms with Gasteiger partial charge in [-0.05, 0) is 37.1 Å². The van der Waals surface area contributed by atoms with E-state index < -0.39 is 0 Å². The van der Waals surface area contributed by atoms with Crippen molar-refractivity contribution in [1.29, 1.82) is 0 Å². The van der Waals surface area contributed by atoms with Gasteiger partial charge in [0.25, 0.3) is 0 Å². The molecule has 0 spiro atoms. The lowest BCUT2D eigenvalue weighted by atomic mass is 10.0. The Morgan fingerprint density at radius 2 is 2.03 bits per heavy atom. The van der Waals surface area contributed by atoms with Gasteiger partial charge in [-0.25, -0.2) is 0 Å². The van der Waals surface area contributed by atoms with Crippen molar-refractivity contribution in [1.82, 2.24) is 19.6 Å². The van der Waals surface area contributed by atoms with Crippen molar-refractivity contribution in [3.8, 4) is 17.0 Å². The molecule has 0 bridgehead atoms. The number of carbonyl (C=O) groups is 1. The molecule has 31 heavy (non-hydrogen) atoms. The second kappa shape index (κ2) is 8.04. The monoisotopic (exact) mass is 414 g/mol. The molecule has 0 saturated heterocycles. The van der Waals surface area contributed by atoms with Gasteiger partial charge in [-0.1, -0.05) is 42.0 Å². The van der Waals surface area contributed by atoms with Crippen molar-refractivity contribution >= 4 is 5.91 Å². The summed E-state index contributed by atoms with van der Waals surface area (Å²) in [6, 6.07) is 14.4. The van der Waals surface area contributed by atoms with Crippen LogP contribution < -0.4 is 4.74 Å². The summed E-state index contributed by atoms with van der Waals surface area (Å²) in [5.41, 5.74) is 6.82. The number of ether oxygens (including phenoxy) is 1. The van der Waals surface area contributed by atoms with E-state index in [4.69, 9.17) is 4.74 Å². The highest BCUT2D eigenvalue weighted by molar-refractivity contribution is 5.79. The molecular formula is C25H26N4O2. The van der Waals surface area contributed by atoms with Crippen molar-refractivity contribution in [2.75, 3.05) is 13.2 Å². The molecule has 0 saturated carbocycles. The van der Waals surface area contributed by atoms with Gasteiger partial charge in [0.05, 0.1) is 18.6 Å². The zero-order valence-corrected chi connectivity index (χ0v) is 17.9. The van der Waals surface area contributed by atoms with E-state index in [0.29, 0.717) is 13.3 Å². The van der Waals surface area contributed by atoms with Gasteiger partial charge in [-0.3, -0.25) is 14.4 Å². The SMILES string of the molecule is Cc1ccc(C)c(CN2CC=CN(C(=O)Cn3ncc4c3-c3ccccc3OC4)C2)c1. The average Bonchev–Trinajstić information content (AvgIpc) is 3.20. The molecule has 1 aromatic heterocycles. The molecule has 6 nitrogen and oxygen atoms in total. The van der Waals surface area contributed by atoms with E-state index in [1.165, 1.54) is 16.7 Å². The van der Waals surface area contributed by atoms with Crippen molar-refractivity contribution in [2.45, 2.75) is 33.5 Å². The van der Waals surface area contributed by atoms with Crippen LogP contribution in [0.25, 0.3) is 11.3 Å². The van der Waals surface area contributed by atoms with Gasteiger partial charge in [0.1, 0.15) is 18.9 Å². The van der Waals surface area contributed by atoms with Crippen LogP contribution >= 0.6 is 0 Å². The number of benzene rings is 2. The summed E-state index contributed by atoms with van der Waals surface area (Å²) < 4.78 is 7.61. The smallest absolute Gasteiger partial charge is 0.249 e. The minimum Gasteiger partial charge on any atom is -0.488 e. The molecule has 0 aliphatic carbocycles. The van der Waals surface area contributed by atoms with E-state index >= 15 is 0 Å². The molecule has 0 N–H and O–H groups in total. The largest absolute Gasteiger partial charge is 0.488 e. The number of hydrogen-bond donors (Lipinski definition) is 0. The first-order valence-corrected chi connectivity index (χ1v) is 10.6. The van der Waals surface area contributed by atoms with Crippen molar-refractivity contribution in [2.24, 2.45) is 0 Å². The van der Waals surface area contributed by atoms with Gasteiger partial charge in [0.2, 0.25) is 5.91 Å². The van der Waals surface area contributed by atoms with Crippen molar-refractivity contribution in [3.63, 3.8) is 0 Å². The Morgan fingerprint density at radius 3 is 2.94 bits per heavy atom. The normalized spacial score (nSPS) is 15.4. The lowest BCUT2D eigenvalue weighted by molar-refractivity contribution is -0.131. The fourth-order valence-corrected chi connectivity index (χ4v) is 4.26. The Labute approximate surface area is 182 Å². The standard InChI is InChI=1S/C25H26N4O2/c1-18-8-9-19(2)20(12-18)14-27-10-5-11-28(17-27)24(30)15-29-25-21(13-26-29)16-31-23-7-4-3-6-22(23)25/h3-9,11-13H,10,14-17H2,1-2H3. The number of amides is 1. The molecule has 0 unspecified atom stereocenters. The third-order valence-corrected chi connectivity index (χ3v) is 5.95. The van der Waals surface area contributed by atoms with Gasteiger partial charge in [0.15, 0.2) is 0 Å². The predicted octanol–water partition coefficient (Wildman–Crippen LogP) is 3.87. The van der Waals surface area contributed by atoms with Gasteiger partial charge in [-0.2, -0.15) is 5.10 Å². The molecule has 2 aromatic carbocycles. The van der Waals surface area contributed by atoms with Crippen LogP contribution in [0.4, 0.5) is 0 Å². The number of carbonyl (C=O) groups excluding carboxylic acids is 1. The molecule has 158 valence electrons. The fourth-order valence-electron chi connectivity index (χ4n) is 4.26. The van der Waals surface area contributed by atoms with Crippen LogP contribution in [-0.2, 0) is 24.5 Å². The molecule has 0 atom stereocenters. The second-order valence-electron chi connectivity index (χ2n) is 8.29. The lowest BCUT2D eigenvalue weighted by Crippen LogP contribution is -2.42. The van der Waals surface area contributed by atoms with Crippen LogP contribution in [0.1, 0.15) is 22.3 Å². The van der Waals surface area contributed by atoms with E-state index in [2.05, 4.69) is 42.0 Å². The molecule has 3 aromatic rings. The van der Waals surface area contributed by atoms with Crippen LogP contribution in [0.3, 0.4) is 0 Å². The number of aryl methyl sites for hydroxylation is 2. The molecule has 1 amide bonds. The van der Waals surface area contributed by atoms with Crippen molar-refractivity contribution in [3.05, 3.63) is 83.2 Å². The van der Waals surface area contributed by atoms with Crippen LogP contribution in [0.2, 0.25) is 0 Å². The quantitative estimate of drug-likeness (QED) is 0.650. The summed E-state index contributed by atoms with van der Waals surface area (Å²) in [5, 5.41) is 4.49. The molecule has 2 aliphatic rings. The van der Waals surface area contributed by atoms with Crippen LogP contribution in [-0.4, -0.2) is 38.7 Å². The Morgan fingerprint density at radius 1 is 1.16 bits per heavy atom. The lowest BCUT2D eigenvalue weighted by Gasteiger charge is -2.32. The van der Waals surface area contributed by atoms with E-state index in [0.717, 1.165) is 35.7 Å². The molecular weight excluding hydrogens is 388 g/mol. The minimum absolute atomic E-state index is 0.0248. The molecule has 5 rings (SSSR count). The van der Waals surface area contributed by atoms with E-state index in [-0.39, 0.29) is 12.5 Å². The maximum atomic E-state index is 13.1. The number of aromatic nitrogens is 2. The Hall–Kier alpha value is -3.38. The zero-order valence-electron chi connectivity index (χ0n) is 17.9. The van der Waals surface area contributed by atoms with Gasteiger partial charge in [-0.15, -0.1) is 0 Å². The maximum Gasteiger partial charge on any atom is 0.249 e. The third-order valence-electron chi connectivity index (χ3n) is 5.95. The van der Waals surface area contributed by atoms with Crippen molar-refractivity contribution < 1.29 is 9.53 Å². The molecule has 0 radical (unpaired) electrons. The second-order valence-corrected chi connectivity index (χ2v) is 8.29. The van der Waals surface area contributed by atoms with Crippen LogP contribution in [0.15, 0.2) is 60.9 Å². The number of fused-ring (bicyclic) bond motifs is 3. The number of hydrogen-bond acceptors (Lipinski definition) is 4. The topological polar surface area (TPSA) is 50.6 Å². The molecule has 0 fully saturated rings. The highest BCUT2D eigenvalue weighted by atomic mass is 16.5. The summed E-state index contributed by atoms with van der Waals surface area (Å²) in [6.07, 6.45) is 5.75. The first kappa shape index (κ1) is 19.6. The summed E-state index contributed by atoms with van der Waals surface area (Å²) in [4.78, 5) is 17.2. The summed E-state index contributed by atoms with van der Waals surface area (Å²) >= 11 is 0. The van der Waals surface area contributed by atoms with Crippen LogP contribution in [0.5, 0.6) is 5.75 Å². The summed E-state index contributed by atoms with van der Waals surface area (Å²) in [7, 11) is 0. The Balaban J connectivity index is 1.31. The summed E-state index contributed by atoms with van der Waals surface area (Å²) in [6.45, 7) is 7.16.